The van der Waals surface area contributed by atoms with Gasteiger partial charge in [-0.25, -0.2) is 4.79 Å². The van der Waals surface area contributed by atoms with Gasteiger partial charge in [-0.1, -0.05) is 38.5 Å². The van der Waals surface area contributed by atoms with Gasteiger partial charge in [-0.15, -0.1) is 0 Å². The van der Waals surface area contributed by atoms with Crippen molar-refractivity contribution in [2.24, 2.45) is 5.92 Å². The van der Waals surface area contributed by atoms with Gasteiger partial charge in [-0.3, -0.25) is 4.79 Å². The third-order valence-corrected chi connectivity index (χ3v) is 5.98. The van der Waals surface area contributed by atoms with Crippen molar-refractivity contribution in [2.45, 2.75) is 76.7 Å². The van der Waals surface area contributed by atoms with Crippen molar-refractivity contribution in [3.05, 3.63) is 0 Å². The van der Waals surface area contributed by atoms with Crippen LogP contribution in [0.5, 0.6) is 0 Å². The summed E-state index contributed by atoms with van der Waals surface area (Å²) in [6.07, 6.45) is 12.7. The van der Waals surface area contributed by atoms with E-state index in [-0.39, 0.29) is 11.9 Å². The largest absolute Gasteiger partial charge is 0.341 e. The van der Waals surface area contributed by atoms with Crippen molar-refractivity contribution in [2.75, 3.05) is 26.2 Å². The predicted molar refractivity (Wildman–Crippen MR) is 94.7 cm³/mol. The number of urea groups is 1. The van der Waals surface area contributed by atoms with Gasteiger partial charge >= 0.3 is 6.03 Å². The van der Waals surface area contributed by atoms with Crippen LogP contribution in [0.15, 0.2) is 0 Å². The van der Waals surface area contributed by atoms with Crippen molar-refractivity contribution in [1.29, 1.82) is 0 Å². The molecule has 0 aromatic heterocycles. The molecule has 1 N–H and O–H groups in total. The lowest BCUT2D eigenvalue weighted by Gasteiger charge is -2.29. The topological polar surface area (TPSA) is 52.7 Å². The predicted octanol–water partition coefficient (Wildman–Crippen LogP) is 3.14. The van der Waals surface area contributed by atoms with Gasteiger partial charge in [0.25, 0.3) is 0 Å². The standard InChI is InChI=1S/C19H33N3O2/c23-18(16-8-3-1-4-9-16)21-12-7-13-22(15-14-21)19(24)20-17-10-5-2-6-11-17/h16-17H,1-15H2,(H,20,24). The second kappa shape index (κ2) is 8.72. The zero-order valence-electron chi connectivity index (χ0n) is 15.0. The second-order valence-electron chi connectivity index (χ2n) is 7.79. The van der Waals surface area contributed by atoms with E-state index in [0.717, 1.165) is 45.2 Å². The number of nitrogens with zero attached hydrogens (tertiary/aromatic N) is 2. The molecule has 1 heterocycles. The monoisotopic (exact) mass is 335 g/mol. The minimum absolute atomic E-state index is 0.0777. The third kappa shape index (κ3) is 4.64. The fourth-order valence-corrected chi connectivity index (χ4v) is 4.46. The number of nitrogens with one attached hydrogen (secondary N) is 1. The Balaban J connectivity index is 1.47. The lowest BCUT2D eigenvalue weighted by molar-refractivity contribution is -0.136. The van der Waals surface area contributed by atoms with Crippen molar-refractivity contribution in [3.8, 4) is 0 Å². The van der Waals surface area contributed by atoms with Gasteiger partial charge < -0.3 is 15.1 Å². The van der Waals surface area contributed by atoms with E-state index in [0.29, 0.717) is 25.0 Å². The first-order valence-corrected chi connectivity index (χ1v) is 10.1. The Morgan fingerprint density at radius 1 is 0.667 bits per heavy atom. The first-order chi connectivity index (χ1) is 11.7. The summed E-state index contributed by atoms with van der Waals surface area (Å²) in [6, 6.07) is 0.434. The van der Waals surface area contributed by atoms with E-state index in [1.807, 2.05) is 9.80 Å². The molecule has 0 unspecified atom stereocenters. The molecule has 1 saturated heterocycles. The molecule has 1 aliphatic heterocycles. The summed E-state index contributed by atoms with van der Waals surface area (Å²) in [7, 11) is 0. The molecule has 24 heavy (non-hydrogen) atoms. The van der Waals surface area contributed by atoms with Gasteiger partial charge in [0, 0.05) is 38.1 Å². The molecular weight excluding hydrogens is 302 g/mol. The van der Waals surface area contributed by atoms with Crippen LogP contribution in [-0.4, -0.2) is 54.0 Å². The number of hydrogen-bond donors (Lipinski definition) is 1. The van der Waals surface area contributed by atoms with Gasteiger partial charge in [0.05, 0.1) is 0 Å². The Kier molecular flexibility index (Phi) is 6.38. The van der Waals surface area contributed by atoms with E-state index in [1.165, 1.54) is 38.5 Å². The van der Waals surface area contributed by atoms with Crippen LogP contribution < -0.4 is 5.32 Å². The molecule has 3 amide bonds. The molecule has 0 bridgehead atoms. The summed E-state index contributed by atoms with van der Waals surface area (Å²) in [5, 5.41) is 3.21. The van der Waals surface area contributed by atoms with E-state index in [4.69, 9.17) is 0 Å². The summed E-state index contributed by atoms with van der Waals surface area (Å²) in [6.45, 7) is 2.96. The van der Waals surface area contributed by atoms with Crippen molar-refractivity contribution in [3.63, 3.8) is 0 Å². The fraction of sp³-hybridized carbons (Fsp3) is 0.895. The van der Waals surface area contributed by atoms with Gasteiger partial charge in [-0.2, -0.15) is 0 Å². The summed E-state index contributed by atoms with van der Waals surface area (Å²) in [4.78, 5) is 29.2. The molecule has 3 fully saturated rings. The van der Waals surface area contributed by atoms with Crippen molar-refractivity contribution >= 4 is 11.9 Å². The SMILES string of the molecule is O=C(NC1CCCCC1)N1CCCN(C(=O)C2CCCCC2)CC1. The quantitative estimate of drug-likeness (QED) is 0.843. The Bertz CT molecular complexity index is 428. The Morgan fingerprint density at radius 3 is 1.96 bits per heavy atom. The van der Waals surface area contributed by atoms with Crippen LogP contribution in [0.3, 0.4) is 0 Å². The molecule has 5 nitrogen and oxygen atoms in total. The maximum absolute atomic E-state index is 12.7. The Labute approximate surface area is 146 Å². The zero-order valence-corrected chi connectivity index (χ0v) is 15.0. The van der Waals surface area contributed by atoms with E-state index >= 15 is 0 Å². The van der Waals surface area contributed by atoms with Crippen LogP contribution in [0.1, 0.15) is 70.6 Å². The maximum Gasteiger partial charge on any atom is 0.317 e. The van der Waals surface area contributed by atoms with Crippen LogP contribution in [0.25, 0.3) is 0 Å². The third-order valence-electron chi connectivity index (χ3n) is 5.98. The number of hydrogen-bond acceptors (Lipinski definition) is 2. The van der Waals surface area contributed by atoms with Gasteiger partial charge in [0.1, 0.15) is 0 Å². The van der Waals surface area contributed by atoms with Crippen LogP contribution >= 0.6 is 0 Å². The number of amides is 3. The van der Waals surface area contributed by atoms with Gasteiger partial charge in [0.2, 0.25) is 5.91 Å². The molecule has 0 atom stereocenters. The molecule has 0 aromatic carbocycles. The maximum atomic E-state index is 12.7. The molecule has 3 rings (SSSR count). The zero-order chi connectivity index (χ0) is 16.8. The molecule has 5 heteroatoms. The van der Waals surface area contributed by atoms with Crippen LogP contribution in [0, 0.1) is 5.92 Å². The highest BCUT2D eigenvalue weighted by Crippen LogP contribution is 2.26. The van der Waals surface area contributed by atoms with Gasteiger partial charge in [-0.05, 0) is 32.1 Å². The fourth-order valence-electron chi connectivity index (χ4n) is 4.46. The number of carbonyl (C=O) groups is 2. The second-order valence-corrected chi connectivity index (χ2v) is 7.79. The summed E-state index contributed by atoms with van der Waals surface area (Å²) < 4.78 is 0. The lowest BCUT2D eigenvalue weighted by Crippen LogP contribution is -2.47. The molecule has 0 aromatic rings. The molecular formula is C19H33N3O2. The molecule has 0 radical (unpaired) electrons. The average molecular weight is 335 g/mol. The van der Waals surface area contributed by atoms with E-state index in [9.17, 15) is 9.59 Å². The minimum atomic E-state index is 0.0777. The highest BCUT2D eigenvalue weighted by atomic mass is 16.2. The van der Waals surface area contributed by atoms with Crippen LogP contribution in [0.2, 0.25) is 0 Å². The van der Waals surface area contributed by atoms with E-state index in [2.05, 4.69) is 5.32 Å². The van der Waals surface area contributed by atoms with E-state index < -0.39 is 0 Å². The Morgan fingerprint density at radius 2 is 1.25 bits per heavy atom. The molecule has 0 spiro atoms. The van der Waals surface area contributed by atoms with Crippen LogP contribution in [0.4, 0.5) is 4.79 Å². The highest BCUT2D eigenvalue weighted by Gasteiger charge is 2.28. The van der Waals surface area contributed by atoms with Crippen molar-refractivity contribution in [1.82, 2.24) is 15.1 Å². The Hall–Kier alpha value is -1.26. The molecule has 2 saturated carbocycles. The van der Waals surface area contributed by atoms with E-state index in [1.54, 1.807) is 0 Å². The summed E-state index contributed by atoms with van der Waals surface area (Å²) in [5.74, 6) is 0.575. The van der Waals surface area contributed by atoms with Crippen LogP contribution in [-0.2, 0) is 4.79 Å². The average Bonchev–Trinajstić information content (AvgIpc) is 2.89. The normalized spacial score (nSPS) is 24.5. The summed E-state index contributed by atoms with van der Waals surface area (Å²) >= 11 is 0. The number of rotatable bonds is 2. The first-order valence-electron chi connectivity index (χ1n) is 10.1. The van der Waals surface area contributed by atoms with Gasteiger partial charge in [0.15, 0.2) is 0 Å². The highest BCUT2D eigenvalue weighted by molar-refractivity contribution is 5.79. The lowest BCUT2D eigenvalue weighted by atomic mass is 9.88. The first kappa shape index (κ1) is 17.6. The minimum Gasteiger partial charge on any atom is -0.341 e. The molecule has 136 valence electrons. The smallest absolute Gasteiger partial charge is 0.317 e. The van der Waals surface area contributed by atoms with Crippen molar-refractivity contribution < 1.29 is 9.59 Å². The molecule has 3 aliphatic rings. The molecule has 2 aliphatic carbocycles. The number of carbonyl (C=O) groups excluding carboxylic acids is 2. The summed E-state index contributed by atoms with van der Waals surface area (Å²) in [5.41, 5.74) is 0.